The molecule has 0 saturated heterocycles. The molecule has 5 aromatic rings. The quantitative estimate of drug-likeness (QED) is 0.299. The lowest BCUT2D eigenvalue weighted by Crippen LogP contribution is -2.33. The summed E-state index contributed by atoms with van der Waals surface area (Å²) in [6.45, 7) is 3.94. The predicted molar refractivity (Wildman–Crippen MR) is 141 cm³/mol. The minimum Gasteiger partial charge on any atom is -0.348 e. The lowest BCUT2D eigenvalue weighted by Gasteiger charge is -2.14. The highest BCUT2D eigenvalue weighted by atomic mass is 19.1. The summed E-state index contributed by atoms with van der Waals surface area (Å²) in [7, 11) is 0. The number of aryl methyl sites for hydroxylation is 2. The van der Waals surface area contributed by atoms with Crippen molar-refractivity contribution in [2.75, 3.05) is 0 Å². The molecule has 0 bridgehead atoms. The summed E-state index contributed by atoms with van der Waals surface area (Å²) in [5.74, 6) is -0.607. The van der Waals surface area contributed by atoms with Gasteiger partial charge in [-0.3, -0.25) is 4.79 Å². The molecule has 180 valence electrons. The van der Waals surface area contributed by atoms with Crippen molar-refractivity contribution in [2.45, 2.75) is 32.7 Å². The highest BCUT2D eigenvalue weighted by molar-refractivity contribution is 5.99. The number of carbonyl (C=O) groups excluding carboxylic acids is 1. The molecule has 0 fully saturated rings. The summed E-state index contributed by atoms with van der Waals surface area (Å²) >= 11 is 0. The summed E-state index contributed by atoms with van der Waals surface area (Å²) in [4.78, 5) is 17.9. The summed E-state index contributed by atoms with van der Waals surface area (Å²) in [6.07, 6.45) is 1.69. The van der Waals surface area contributed by atoms with Gasteiger partial charge in [0.05, 0.1) is 11.1 Å². The molecule has 0 saturated carbocycles. The fraction of sp³-hybridized carbons (Fsp3) is 0.167. The number of carbonyl (C=O) groups is 1. The van der Waals surface area contributed by atoms with Crippen LogP contribution < -0.4 is 5.32 Å². The van der Waals surface area contributed by atoms with Crippen LogP contribution in [0.1, 0.15) is 35.0 Å². The molecule has 36 heavy (non-hydrogen) atoms. The Hall–Kier alpha value is -4.32. The van der Waals surface area contributed by atoms with Gasteiger partial charge in [0.2, 0.25) is 0 Å². The topological polar surface area (TPSA) is 59.8 Å². The van der Waals surface area contributed by atoms with E-state index in [0.717, 1.165) is 35.0 Å². The third kappa shape index (κ3) is 4.89. The van der Waals surface area contributed by atoms with Crippen LogP contribution in [0.15, 0.2) is 91.0 Å². The number of pyridine rings is 1. The van der Waals surface area contributed by atoms with Crippen molar-refractivity contribution < 1.29 is 9.18 Å². The van der Waals surface area contributed by atoms with Crippen LogP contribution >= 0.6 is 0 Å². The minimum absolute atomic E-state index is 0.0245. The van der Waals surface area contributed by atoms with Crippen LogP contribution in [0, 0.1) is 12.7 Å². The van der Waals surface area contributed by atoms with Crippen LogP contribution in [0.5, 0.6) is 0 Å². The highest BCUT2D eigenvalue weighted by Gasteiger charge is 2.21. The second kappa shape index (κ2) is 10.1. The van der Waals surface area contributed by atoms with Gasteiger partial charge in [0.15, 0.2) is 5.65 Å². The van der Waals surface area contributed by atoms with E-state index in [1.807, 2.05) is 62.4 Å². The monoisotopic (exact) mass is 478 g/mol. The Morgan fingerprint density at radius 1 is 0.972 bits per heavy atom. The van der Waals surface area contributed by atoms with Gasteiger partial charge in [-0.25, -0.2) is 14.1 Å². The number of hydrogen-bond donors (Lipinski definition) is 1. The summed E-state index contributed by atoms with van der Waals surface area (Å²) < 4.78 is 15.7. The van der Waals surface area contributed by atoms with Gasteiger partial charge in [0.25, 0.3) is 5.91 Å². The van der Waals surface area contributed by atoms with Crippen LogP contribution in [0.4, 0.5) is 4.39 Å². The lowest BCUT2D eigenvalue weighted by molar-refractivity contribution is 0.0933. The number of benzene rings is 3. The molecule has 1 amide bonds. The minimum atomic E-state index is -0.365. The van der Waals surface area contributed by atoms with Crippen molar-refractivity contribution >= 4 is 16.9 Å². The maximum Gasteiger partial charge on any atom is 0.270 e. The van der Waals surface area contributed by atoms with E-state index >= 15 is 0 Å². The lowest BCUT2D eigenvalue weighted by atomic mass is 10.0. The van der Waals surface area contributed by atoms with Crippen molar-refractivity contribution in [3.63, 3.8) is 0 Å². The van der Waals surface area contributed by atoms with Gasteiger partial charge in [-0.2, -0.15) is 5.10 Å². The molecule has 5 rings (SSSR count). The Morgan fingerprint density at radius 2 is 1.69 bits per heavy atom. The summed E-state index contributed by atoms with van der Waals surface area (Å²) in [5, 5.41) is 8.72. The number of amides is 1. The van der Waals surface area contributed by atoms with Crippen molar-refractivity contribution in [1.82, 2.24) is 20.1 Å². The van der Waals surface area contributed by atoms with E-state index in [4.69, 9.17) is 10.1 Å². The predicted octanol–water partition coefficient (Wildman–Crippen LogP) is 6.29. The molecule has 0 aliphatic rings. The van der Waals surface area contributed by atoms with Crippen molar-refractivity contribution in [3.05, 3.63) is 114 Å². The van der Waals surface area contributed by atoms with Crippen molar-refractivity contribution in [2.24, 2.45) is 0 Å². The highest BCUT2D eigenvalue weighted by Crippen LogP contribution is 2.32. The average Bonchev–Trinajstić information content (AvgIpc) is 3.29. The molecule has 2 heterocycles. The van der Waals surface area contributed by atoms with Crippen LogP contribution in [0.25, 0.3) is 28.0 Å². The normalized spacial score (nSPS) is 12.0. The first-order valence-corrected chi connectivity index (χ1v) is 12.1. The number of halogens is 1. The maximum atomic E-state index is 14.1. The van der Waals surface area contributed by atoms with E-state index in [1.165, 1.54) is 17.7 Å². The molecule has 2 aromatic heterocycles. The second-order valence-corrected chi connectivity index (χ2v) is 9.03. The van der Waals surface area contributed by atoms with Gasteiger partial charge < -0.3 is 5.32 Å². The Balaban J connectivity index is 1.50. The summed E-state index contributed by atoms with van der Waals surface area (Å²) in [5.41, 5.74) is 5.15. The van der Waals surface area contributed by atoms with Gasteiger partial charge in [0, 0.05) is 11.6 Å². The van der Waals surface area contributed by atoms with Gasteiger partial charge in [0.1, 0.15) is 17.2 Å². The Bertz CT molecular complexity index is 1510. The molecule has 0 aliphatic carbocycles. The van der Waals surface area contributed by atoms with Crippen LogP contribution in [0.3, 0.4) is 0 Å². The largest absolute Gasteiger partial charge is 0.348 e. The van der Waals surface area contributed by atoms with Crippen molar-refractivity contribution in [1.29, 1.82) is 0 Å². The smallest absolute Gasteiger partial charge is 0.270 e. The van der Waals surface area contributed by atoms with E-state index in [9.17, 15) is 9.18 Å². The number of hydrogen-bond acceptors (Lipinski definition) is 3. The molecular weight excluding hydrogens is 451 g/mol. The SMILES string of the molecule is Cc1cc(C(=O)N[C@H](C)CCc2ccccc2)nc2c1c(-c1ccccc1)nn2-c1cccc(F)c1. The fourth-order valence-corrected chi connectivity index (χ4v) is 4.40. The van der Waals surface area contributed by atoms with Gasteiger partial charge >= 0.3 is 0 Å². The van der Waals surface area contributed by atoms with Crippen LogP contribution in [-0.2, 0) is 6.42 Å². The molecule has 1 N–H and O–H groups in total. The Labute approximate surface area is 209 Å². The van der Waals surface area contributed by atoms with Crippen LogP contribution in [-0.4, -0.2) is 26.7 Å². The third-order valence-corrected chi connectivity index (χ3v) is 6.25. The van der Waals surface area contributed by atoms with Crippen molar-refractivity contribution in [3.8, 4) is 16.9 Å². The van der Waals surface area contributed by atoms with E-state index in [2.05, 4.69) is 17.4 Å². The van der Waals surface area contributed by atoms with E-state index in [-0.39, 0.29) is 17.8 Å². The molecule has 3 aromatic carbocycles. The first-order valence-electron chi connectivity index (χ1n) is 12.1. The van der Waals surface area contributed by atoms with Gasteiger partial charge in [-0.1, -0.05) is 66.7 Å². The molecule has 0 aliphatic heterocycles. The second-order valence-electron chi connectivity index (χ2n) is 9.03. The zero-order chi connectivity index (χ0) is 25.1. The Kier molecular flexibility index (Phi) is 6.58. The molecule has 0 unspecified atom stereocenters. The number of nitrogens with one attached hydrogen (secondary N) is 1. The molecule has 1 atom stereocenters. The van der Waals surface area contributed by atoms with Gasteiger partial charge in [-0.05, 0) is 62.1 Å². The number of nitrogens with zero attached hydrogens (tertiary/aromatic N) is 3. The van der Waals surface area contributed by atoms with Gasteiger partial charge in [-0.15, -0.1) is 0 Å². The molecule has 0 spiro atoms. The first-order chi connectivity index (χ1) is 17.5. The third-order valence-electron chi connectivity index (χ3n) is 6.25. The standard InChI is InChI=1S/C30H27FN4O/c1-20-18-26(30(36)32-21(2)16-17-22-10-5-3-6-11-22)33-29-27(20)28(23-12-7-4-8-13-23)34-35(29)25-15-9-14-24(31)19-25/h3-15,18-19,21H,16-17H2,1-2H3,(H,32,36)/t21-/m1/s1. The number of rotatable bonds is 7. The first kappa shape index (κ1) is 23.4. The number of aromatic nitrogens is 3. The zero-order valence-electron chi connectivity index (χ0n) is 20.3. The van der Waals surface area contributed by atoms with Crippen LogP contribution in [0.2, 0.25) is 0 Å². The van der Waals surface area contributed by atoms with E-state index in [1.54, 1.807) is 22.9 Å². The number of fused-ring (bicyclic) bond motifs is 1. The van der Waals surface area contributed by atoms with E-state index < -0.39 is 0 Å². The molecule has 0 radical (unpaired) electrons. The molecule has 5 nitrogen and oxygen atoms in total. The Morgan fingerprint density at radius 3 is 2.42 bits per heavy atom. The summed E-state index contributed by atoms with van der Waals surface area (Å²) in [6, 6.07) is 28.0. The zero-order valence-corrected chi connectivity index (χ0v) is 20.3. The fourth-order valence-electron chi connectivity index (χ4n) is 4.40. The molecular formula is C30H27FN4O. The molecule has 6 heteroatoms. The average molecular weight is 479 g/mol. The maximum absolute atomic E-state index is 14.1. The van der Waals surface area contributed by atoms with E-state index in [0.29, 0.717) is 17.0 Å².